The molecule has 122 valence electrons. The molecule has 0 saturated carbocycles. The largest absolute Gasteiger partial charge is 0.496 e. The number of thioether (sulfide) groups is 1. The molecule has 0 amide bonds. The minimum Gasteiger partial charge on any atom is -0.496 e. The van der Waals surface area contributed by atoms with Crippen molar-refractivity contribution < 1.29 is 13.9 Å². The maximum absolute atomic E-state index is 13.3. The molecular weight excluding hydrogens is 313 g/mol. The molecule has 2 aromatic rings. The van der Waals surface area contributed by atoms with Gasteiger partial charge in [-0.1, -0.05) is 24.3 Å². The van der Waals surface area contributed by atoms with Crippen molar-refractivity contribution in [3.05, 3.63) is 59.9 Å². The number of rotatable bonds is 5. The Kier molecular flexibility index (Phi) is 5.54. The zero-order valence-electron chi connectivity index (χ0n) is 13.0. The van der Waals surface area contributed by atoms with Gasteiger partial charge in [-0.2, -0.15) is 0 Å². The topological polar surface area (TPSA) is 30.5 Å². The first kappa shape index (κ1) is 16.3. The number of benzene rings is 2. The first-order valence-corrected chi connectivity index (χ1v) is 8.53. The molecule has 0 aliphatic carbocycles. The summed E-state index contributed by atoms with van der Waals surface area (Å²) in [5.74, 6) is 0.617. The molecule has 2 atom stereocenters. The van der Waals surface area contributed by atoms with Crippen molar-refractivity contribution in [1.82, 2.24) is 5.32 Å². The van der Waals surface area contributed by atoms with Gasteiger partial charge in [0.25, 0.3) is 0 Å². The average Bonchev–Trinajstić information content (AvgIpc) is 2.61. The number of hydrogen-bond acceptors (Lipinski definition) is 4. The van der Waals surface area contributed by atoms with Crippen molar-refractivity contribution in [3.63, 3.8) is 0 Å². The van der Waals surface area contributed by atoms with Gasteiger partial charge in [0.15, 0.2) is 0 Å². The summed E-state index contributed by atoms with van der Waals surface area (Å²) in [5.41, 5.74) is 1.05. The van der Waals surface area contributed by atoms with Gasteiger partial charge in [0.2, 0.25) is 0 Å². The second-order valence-corrected chi connectivity index (χ2v) is 6.54. The number of hydrogen-bond donors (Lipinski definition) is 1. The summed E-state index contributed by atoms with van der Waals surface area (Å²) in [6.07, 6.45) is 0.0316. The summed E-state index contributed by atoms with van der Waals surface area (Å²) < 4.78 is 24.7. The molecule has 5 heteroatoms. The van der Waals surface area contributed by atoms with Crippen LogP contribution in [0.2, 0.25) is 0 Å². The van der Waals surface area contributed by atoms with E-state index in [-0.39, 0.29) is 17.2 Å². The Morgan fingerprint density at radius 1 is 1.22 bits per heavy atom. The van der Waals surface area contributed by atoms with E-state index in [0.717, 1.165) is 29.3 Å². The van der Waals surface area contributed by atoms with E-state index in [1.165, 1.54) is 12.1 Å². The lowest BCUT2D eigenvalue weighted by Gasteiger charge is -2.31. The van der Waals surface area contributed by atoms with Gasteiger partial charge in [0.05, 0.1) is 30.0 Å². The first-order valence-electron chi connectivity index (χ1n) is 7.65. The third-order valence-electron chi connectivity index (χ3n) is 3.82. The van der Waals surface area contributed by atoms with Crippen LogP contribution in [0.15, 0.2) is 53.4 Å². The van der Waals surface area contributed by atoms with Crippen molar-refractivity contribution >= 4 is 11.8 Å². The molecule has 1 saturated heterocycles. The van der Waals surface area contributed by atoms with Crippen LogP contribution in [0.5, 0.6) is 5.75 Å². The predicted octanol–water partition coefficient (Wildman–Crippen LogP) is 3.66. The fraction of sp³-hybridized carbons (Fsp3) is 0.333. The van der Waals surface area contributed by atoms with Crippen LogP contribution >= 0.6 is 11.8 Å². The lowest BCUT2D eigenvalue weighted by Crippen LogP contribution is -2.41. The highest BCUT2D eigenvalue weighted by atomic mass is 32.2. The molecule has 0 bridgehead atoms. The Balaban J connectivity index is 1.89. The predicted molar refractivity (Wildman–Crippen MR) is 90.6 cm³/mol. The highest BCUT2D eigenvalue weighted by molar-refractivity contribution is 7.99. The monoisotopic (exact) mass is 333 g/mol. The number of ether oxygens (including phenoxy) is 2. The molecule has 1 aliphatic heterocycles. The van der Waals surface area contributed by atoms with Crippen LogP contribution in [0.25, 0.3) is 0 Å². The third kappa shape index (κ3) is 4.05. The van der Waals surface area contributed by atoms with E-state index in [1.807, 2.05) is 36.4 Å². The number of methoxy groups -OCH3 is 1. The Morgan fingerprint density at radius 2 is 2.00 bits per heavy atom. The van der Waals surface area contributed by atoms with Gasteiger partial charge in [-0.05, 0) is 29.8 Å². The first-order chi connectivity index (χ1) is 11.3. The van der Waals surface area contributed by atoms with Crippen LogP contribution in [0, 0.1) is 5.82 Å². The lowest BCUT2D eigenvalue weighted by molar-refractivity contribution is 0.0273. The number of morpholine rings is 1. The maximum Gasteiger partial charge on any atom is 0.132 e. The zero-order valence-corrected chi connectivity index (χ0v) is 13.8. The van der Waals surface area contributed by atoms with Crippen LogP contribution in [-0.2, 0) is 4.74 Å². The maximum atomic E-state index is 13.3. The fourth-order valence-electron chi connectivity index (χ4n) is 2.64. The Bertz CT molecular complexity index is 629. The van der Waals surface area contributed by atoms with Gasteiger partial charge in [-0.25, -0.2) is 4.39 Å². The zero-order chi connectivity index (χ0) is 16.1. The van der Waals surface area contributed by atoms with Crippen LogP contribution in [-0.4, -0.2) is 32.9 Å². The standard InChI is InChI=1S/C18H20FNO2S/c1-21-15-4-2-3-5-17(15)23-18(16-12-20-10-11-22-16)13-6-8-14(19)9-7-13/h2-9,16,18,20H,10-12H2,1H3/t16-,18-/m1/s1. The van der Waals surface area contributed by atoms with Crippen molar-refractivity contribution in [2.75, 3.05) is 26.8 Å². The second-order valence-electron chi connectivity index (χ2n) is 5.35. The van der Waals surface area contributed by atoms with Crippen molar-refractivity contribution in [2.24, 2.45) is 0 Å². The molecule has 0 aromatic heterocycles. The minimum absolute atomic E-state index is 0.0316. The Hall–Kier alpha value is -1.56. The van der Waals surface area contributed by atoms with E-state index in [4.69, 9.17) is 9.47 Å². The second kappa shape index (κ2) is 7.81. The molecule has 23 heavy (non-hydrogen) atoms. The summed E-state index contributed by atoms with van der Waals surface area (Å²) in [5, 5.41) is 3.44. The summed E-state index contributed by atoms with van der Waals surface area (Å²) in [4.78, 5) is 1.05. The summed E-state index contributed by atoms with van der Waals surface area (Å²) >= 11 is 1.69. The van der Waals surface area contributed by atoms with Gasteiger partial charge < -0.3 is 14.8 Å². The van der Waals surface area contributed by atoms with E-state index in [1.54, 1.807) is 18.9 Å². The molecule has 1 aliphatic rings. The van der Waals surface area contributed by atoms with Crippen molar-refractivity contribution in [2.45, 2.75) is 16.2 Å². The van der Waals surface area contributed by atoms with Gasteiger partial charge in [0, 0.05) is 13.1 Å². The Labute approximate surface area is 140 Å². The smallest absolute Gasteiger partial charge is 0.132 e. The molecule has 0 unspecified atom stereocenters. The summed E-state index contributed by atoms with van der Waals surface area (Å²) in [6, 6.07) is 14.6. The van der Waals surface area contributed by atoms with Crippen LogP contribution in [0.1, 0.15) is 10.8 Å². The molecular formula is C18H20FNO2S. The van der Waals surface area contributed by atoms with Crippen LogP contribution in [0.3, 0.4) is 0 Å². The van der Waals surface area contributed by atoms with Crippen molar-refractivity contribution in [1.29, 1.82) is 0 Å². The van der Waals surface area contributed by atoms with Gasteiger partial charge in [-0.3, -0.25) is 0 Å². The molecule has 0 radical (unpaired) electrons. The minimum atomic E-state index is -0.225. The van der Waals surface area contributed by atoms with E-state index < -0.39 is 0 Å². The molecule has 1 heterocycles. The summed E-state index contributed by atoms with van der Waals surface area (Å²) in [7, 11) is 1.67. The van der Waals surface area contributed by atoms with E-state index in [0.29, 0.717) is 6.61 Å². The normalized spacial score (nSPS) is 19.3. The average molecular weight is 333 g/mol. The van der Waals surface area contributed by atoms with Crippen LogP contribution < -0.4 is 10.1 Å². The van der Waals surface area contributed by atoms with Gasteiger partial charge >= 0.3 is 0 Å². The quantitative estimate of drug-likeness (QED) is 0.846. The number of para-hydroxylation sites is 1. The molecule has 2 aromatic carbocycles. The molecule has 0 spiro atoms. The fourth-order valence-corrected chi connectivity index (χ4v) is 3.96. The van der Waals surface area contributed by atoms with Crippen molar-refractivity contribution in [3.8, 4) is 5.75 Å². The highest BCUT2D eigenvalue weighted by Crippen LogP contribution is 2.42. The number of nitrogens with one attached hydrogen (secondary N) is 1. The van der Waals surface area contributed by atoms with Gasteiger partial charge in [0.1, 0.15) is 11.6 Å². The highest BCUT2D eigenvalue weighted by Gasteiger charge is 2.28. The Morgan fingerprint density at radius 3 is 2.70 bits per heavy atom. The lowest BCUT2D eigenvalue weighted by atomic mass is 10.1. The molecule has 1 N–H and O–H groups in total. The molecule has 3 rings (SSSR count). The SMILES string of the molecule is COc1ccccc1S[C@H](c1ccc(F)cc1)[C@H]1CNCCO1. The van der Waals surface area contributed by atoms with E-state index in [9.17, 15) is 4.39 Å². The van der Waals surface area contributed by atoms with E-state index in [2.05, 4.69) is 5.32 Å². The number of halogens is 1. The molecule has 3 nitrogen and oxygen atoms in total. The third-order valence-corrected chi connectivity index (χ3v) is 5.24. The summed E-state index contributed by atoms with van der Waals surface area (Å²) in [6.45, 7) is 2.34. The van der Waals surface area contributed by atoms with Gasteiger partial charge in [-0.15, -0.1) is 11.8 Å². The van der Waals surface area contributed by atoms with E-state index >= 15 is 0 Å². The van der Waals surface area contributed by atoms with Crippen LogP contribution in [0.4, 0.5) is 4.39 Å². The molecule has 1 fully saturated rings.